The van der Waals surface area contributed by atoms with Crippen LogP contribution >= 0.6 is 23.4 Å². The van der Waals surface area contributed by atoms with Gasteiger partial charge in [-0.2, -0.15) is 0 Å². The molecule has 0 radical (unpaired) electrons. The number of carbonyl (C=O) groups is 1. The zero-order valence-electron chi connectivity index (χ0n) is 12.5. The predicted octanol–water partition coefficient (Wildman–Crippen LogP) is 3.85. The highest BCUT2D eigenvalue weighted by Gasteiger charge is 2.24. The molecule has 1 aliphatic heterocycles. The van der Waals surface area contributed by atoms with Gasteiger partial charge in [-0.05, 0) is 30.0 Å². The normalized spacial score (nSPS) is 17.1. The molecular formula is C16H10ClN3O4S. The van der Waals surface area contributed by atoms with E-state index in [2.05, 4.69) is 10.3 Å². The van der Waals surface area contributed by atoms with Crippen LogP contribution in [-0.2, 0) is 4.79 Å². The number of nitrogens with zero attached hydrogens (tertiary/aromatic N) is 2. The summed E-state index contributed by atoms with van der Waals surface area (Å²) in [7, 11) is 0. The van der Waals surface area contributed by atoms with Crippen molar-refractivity contribution in [2.45, 2.75) is 0 Å². The second-order valence-electron chi connectivity index (χ2n) is 4.93. The molecule has 2 aromatic carbocycles. The van der Waals surface area contributed by atoms with Crippen molar-refractivity contribution in [2.75, 3.05) is 0 Å². The predicted molar refractivity (Wildman–Crippen MR) is 97.0 cm³/mol. The van der Waals surface area contributed by atoms with Gasteiger partial charge < -0.3 is 10.4 Å². The van der Waals surface area contributed by atoms with Gasteiger partial charge in [0.15, 0.2) is 5.17 Å². The molecule has 1 amide bonds. The van der Waals surface area contributed by atoms with Gasteiger partial charge in [-0.15, -0.1) is 0 Å². The Hall–Kier alpha value is -2.84. The lowest BCUT2D eigenvalue weighted by Gasteiger charge is -1.99. The molecule has 2 N–H and O–H groups in total. The molecule has 0 saturated carbocycles. The number of amides is 1. The van der Waals surface area contributed by atoms with Crippen LogP contribution in [0, 0.1) is 10.1 Å². The Labute approximate surface area is 151 Å². The van der Waals surface area contributed by atoms with E-state index < -0.39 is 4.92 Å². The van der Waals surface area contributed by atoms with E-state index in [0.29, 0.717) is 21.3 Å². The van der Waals surface area contributed by atoms with Crippen LogP contribution in [0.5, 0.6) is 5.75 Å². The van der Waals surface area contributed by atoms with E-state index in [-0.39, 0.29) is 22.4 Å². The third-order valence-corrected chi connectivity index (χ3v) is 4.45. The molecule has 7 nitrogen and oxygen atoms in total. The van der Waals surface area contributed by atoms with Gasteiger partial charge in [0, 0.05) is 17.7 Å². The Kier molecular flexibility index (Phi) is 4.73. The topological polar surface area (TPSA) is 105 Å². The number of halogens is 1. The summed E-state index contributed by atoms with van der Waals surface area (Å²) in [6.45, 7) is 0. The molecule has 0 spiro atoms. The summed E-state index contributed by atoms with van der Waals surface area (Å²) in [6.07, 6.45) is 1.55. The van der Waals surface area contributed by atoms with Crippen LogP contribution in [0.1, 0.15) is 5.56 Å². The summed E-state index contributed by atoms with van der Waals surface area (Å²) >= 11 is 7.08. The molecule has 126 valence electrons. The van der Waals surface area contributed by atoms with E-state index in [4.69, 9.17) is 11.6 Å². The zero-order valence-corrected chi connectivity index (χ0v) is 14.0. The Bertz CT molecular complexity index is 943. The third kappa shape index (κ3) is 3.81. The number of aromatic hydroxyl groups is 1. The van der Waals surface area contributed by atoms with Crippen LogP contribution in [0.2, 0.25) is 5.02 Å². The molecule has 0 atom stereocenters. The van der Waals surface area contributed by atoms with Crippen molar-refractivity contribution in [2.24, 2.45) is 4.99 Å². The van der Waals surface area contributed by atoms with Crippen molar-refractivity contribution in [3.05, 3.63) is 68.1 Å². The number of hydrogen-bond donors (Lipinski definition) is 2. The Balaban J connectivity index is 1.86. The van der Waals surface area contributed by atoms with Gasteiger partial charge in [-0.25, -0.2) is 4.99 Å². The summed E-state index contributed by atoms with van der Waals surface area (Å²) in [5.41, 5.74) is 0.672. The molecule has 1 heterocycles. The Morgan fingerprint density at radius 3 is 2.72 bits per heavy atom. The van der Waals surface area contributed by atoms with Crippen molar-refractivity contribution in [1.29, 1.82) is 0 Å². The van der Waals surface area contributed by atoms with Crippen LogP contribution in [0.25, 0.3) is 6.08 Å². The maximum atomic E-state index is 12.0. The maximum absolute atomic E-state index is 12.0. The lowest BCUT2D eigenvalue weighted by Crippen LogP contribution is -2.19. The second kappa shape index (κ2) is 6.96. The first-order valence-corrected chi connectivity index (χ1v) is 8.15. The Morgan fingerprint density at radius 1 is 1.28 bits per heavy atom. The molecule has 25 heavy (non-hydrogen) atoms. The summed E-state index contributed by atoms with van der Waals surface area (Å²) in [6, 6.07) is 10.5. The summed E-state index contributed by atoms with van der Waals surface area (Å²) in [5, 5.41) is 23.5. The van der Waals surface area contributed by atoms with E-state index in [0.717, 1.165) is 11.8 Å². The standard InChI is InChI=1S/C16H10ClN3O4S/c17-11-8-10(20(23)24)5-6-12(11)18-16-19-15(22)14(25-16)7-9-3-1-2-4-13(9)21/h1-8,21H,(H,18,19,22)/b14-7+. The number of nitro groups is 1. The van der Waals surface area contributed by atoms with Crippen LogP contribution in [0.15, 0.2) is 52.4 Å². The zero-order chi connectivity index (χ0) is 18.0. The third-order valence-electron chi connectivity index (χ3n) is 3.24. The molecule has 1 fully saturated rings. The van der Waals surface area contributed by atoms with Crippen molar-refractivity contribution < 1.29 is 14.8 Å². The number of thioether (sulfide) groups is 1. The lowest BCUT2D eigenvalue weighted by atomic mass is 10.2. The van der Waals surface area contributed by atoms with Gasteiger partial charge in [0.1, 0.15) is 5.75 Å². The van der Waals surface area contributed by atoms with Gasteiger partial charge in [-0.1, -0.05) is 29.8 Å². The number of phenolic OH excluding ortho intramolecular Hbond substituents is 1. The molecule has 0 aliphatic carbocycles. The van der Waals surface area contributed by atoms with Gasteiger partial charge in [0.05, 0.1) is 20.5 Å². The fourth-order valence-corrected chi connectivity index (χ4v) is 3.08. The summed E-state index contributed by atoms with van der Waals surface area (Å²) in [4.78, 5) is 26.8. The summed E-state index contributed by atoms with van der Waals surface area (Å²) < 4.78 is 0. The van der Waals surface area contributed by atoms with Crippen LogP contribution in [0.4, 0.5) is 11.4 Å². The minimum Gasteiger partial charge on any atom is -0.507 e. The molecule has 3 rings (SSSR count). The highest BCUT2D eigenvalue weighted by atomic mass is 35.5. The lowest BCUT2D eigenvalue weighted by molar-refractivity contribution is -0.384. The number of nitrogens with one attached hydrogen (secondary N) is 1. The SMILES string of the molecule is O=C1NC(=Nc2ccc([N+](=O)[O-])cc2Cl)S/C1=C/c1ccccc1O. The average molecular weight is 376 g/mol. The quantitative estimate of drug-likeness (QED) is 0.481. The molecule has 9 heteroatoms. The number of benzene rings is 2. The number of nitro benzene ring substituents is 1. The fraction of sp³-hybridized carbons (Fsp3) is 0. The molecule has 0 unspecified atom stereocenters. The van der Waals surface area contributed by atoms with E-state index in [1.54, 1.807) is 24.3 Å². The maximum Gasteiger partial charge on any atom is 0.271 e. The minimum absolute atomic E-state index is 0.0622. The van der Waals surface area contributed by atoms with E-state index >= 15 is 0 Å². The highest BCUT2D eigenvalue weighted by Crippen LogP contribution is 2.33. The number of phenols is 1. The van der Waals surface area contributed by atoms with Crippen LogP contribution in [-0.4, -0.2) is 21.1 Å². The average Bonchev–Trinajstić information content (AvgIpc) is 2.91. The first kappa shape index (κ1) is 17.0. The van der Waals surface area contributed by atoms with Gasteiger partial charge in [0.25, 0.3) is 11.6 Å². The fourth-order valence-electron chi connectivity index (χ4n) is 2.04. The number of carbonyl (C=O) groups excluding carboxylic acids is 1. The number of aliphatic imine (C=N–C) groups is 1. The van der Waals surface area contributed by atoms with E-state index in [1.165, 1.54) is 24.3 Å². The number of rotatable bonds is 3. The molecule has 1 aliphatic rings. The summed E-state index contributed by atoms with van der Waals surface area (Å²) in [5.74, 6) is -0.294. The van der Waals surface area contributed by atoms with Crippen molar-refractivity contribution >= 4 is 51.9 Å². The largest absolute Gasteiger partial charge is 0.507 e. The minimum atomic E-state index is -0.553. The van der Waals surface area contributed by atoms with Crippen molar-refractivity contribution in [3.8, 4) is 5.75 Å². The molecule has 0 aromatic heterocycles. The van der Waals surface area contributed by atoms with E-state index in [1.807, 2.05) is 0 Å². The molecule has 2 aromatic rings. The highest BCUT2D eigenvalue weighted by molar-refractivity contribution is 8.18. The Morgan fingerprint density at radius 2 is 2.04 bits per heavy atom. The van der Waals surface area contributed by atoms with E-state index in [9.17, 15) is 20.0 Å². The second-order valence-corrected chi connectivity index (χ2v) is 6.37. The van der Waals surface area contributed by atoms with Gasteiger partial charge >= 0.3 is 0 Å². The first-order valence-electron chi connectivity index (χ1n) is 6.95. The number of para-hydroxylation sites is 1. The van der Waals surface area contributed by atoms with Crippen molar-refractivity contribution in [3.63, 3.8) is 0 Å². The van der Waals surface area contributed by atoms with Gasteiger partial charge in [-0.3, -0.25) is 14.9 Å². The molecule has 0 bridgehead atoms. The molecule has 1 saturated heterocycles. The van der Waals surface area contributed by atoms with Crippen LogP contribution < -0.4 is 5.32 Å². The first-order chi connectivity index (χ1) is 11.9. The van der Waals surface area contributed by atoms with Crippen LogP contribution in [0.3, 0.4) is 0 Å². The number of amidine groups is 1. The monoisotopic (exact) mass is 375 g/mol. The molecular weight excluding hydrogens is 366 g/mol. The van der Waals surface area contributed by atoms with Gasteiger partial charge in [0.2, 0.25) is 0 Å². The number of hydrogen-bond acceptors (Lipinski definition) is 6. The number of non-ortho nitro benzene ring substituents is 1. The van der Waals surface area contributed by atoms with Crippen molar-refractivity contribution in [1.82, 2.24) is 5.32 Å². The smallest absolute Gasteiger partial charge is 0.271 e.